The van der Waals surface area contributed by atoms with Crippen molar-refractivity contribution in [2.75, 3.05) is 0 Å². The average molecular weight is 264 g/mol. The summed E-state index contributed by atoms with van der Waals surface area (Å²) in [5.74, 6) is 0. The SMILES string of the molecule is CCCCC1CC(O)C(OCc2ccccc2C)O1. The monoisotopic (exact) mass is 264 g/mol. The highest BCUT2D eigenvalue weighted by atomic mass is 16.7. The second-order valence-electron chi connectivity index (χ2n) is 5.31. The number of benzene rings is 1. The first-order valence-corrected chi connectivity index (χ1v) is 7.20. The summed E-state index contributed by atoms with van der Waals surface area (Å²) < 4.78 is 11.5. The molecule has 106 valence electrons. The van der Waals surface area contributed by atoms with E-state index in [0.717, 1.165) is 24.8 Å². The summed E-state index contributed by atoms with van der Waals surface area (Å²) in [5.41, 5.74) is 2.35. The Kier molecular flexibility index (Phi) is 5.37. The van der Waals surface area contributed by atoms with Crippen LogP contribution in [0.5, 0.6) is 0 Å². The van der Waals surface area contributed by atoms with E-state index < -0.39 is 12.4 Å². The van der Waals surface area contributed by atoms with Gasteiger partial charge in [-0.3, -0.25) is 0 Å². The third-order valence-corrected chi connectivity index (χ3v) is 3.69. The summed E-state index contributed by atoms with van der Waals surface area (Å²) in [6.07, 6.45) is 3.19. The molecule has 3 heteroatoms. The van der Waals surface area contributed by atoms with Crippen LogP contribution < -0.4 is 0 Å². The summed E-state index contributed by atoms with van der Waals surface area (Å²) in [6, 6.07) is 8.13. The molecule has 1 aliphatic rings. The minimum Gasteiger partial charge on any atom is -0.388 e. The van der Waals surface area contributed by atoms with E-state index >= 15 is 0 Å². The van der Waals surface area contributed by atoms with Gasteiger partial charge in [0.25, 0.3) is 0 Å². The summed E-state index contributed by atoms with van der Waals surface area (Å²) in [4.78, 5) is 0. The van der Waals surface area contributed by atoms with E-state index in [1.54, 1.807) is 0 Å². The molecular weight excluding hydrogens is 240 g/mol. The Hall–Kier alpha value is -0.900. The third-order valence-electron chi connectivity index (χ3n) is 3.69. The van der Waals surface area contributed by atoms with Crippen LogP contribution in [0.2, 0.25) is 0 Å². The highest BCUT2D eigenvalue weighted by Crippen LogP contribution is 2.26. The number of aryl methyl sites for hydroxylation is 1. The first-order valence-electron chi connectivity index (χ1n) is 7.20. The van der Waals surface area contributed by atoms with Crippen molar-refractivity contribution < 1.29 is 14.6 Å². The van der Waals surface area contributed by atoms with Crippen LogP contribution in [-0.2, 0) is 16.1 Å². The number of rotatable bonds is 6. The van der Waals surface area contributed by atoms with E-state index in [0.29, 0.717) is 13.0 Å². The minimum atomic E-state index is -0.495. The maximum Gasteiger partial charge on any atom is 0.184 e. The number of unbranched alkanes of at least 4 members (excludes halogenated alkanes) is 1. The van der Waals surface area contributed by atoms with Gasteiger partial charge in [-0.05, 0) is 24.5 Å². The Labute approximate surface area is 115 Å². The molecule has 0 amide bonds. The lowest BCUT2D eigenvalue weighted by Gasteiger charge is -2.16. The molecule has 1 N–H and O–H groups in total. The molecule has 1 aromatic carbocycles. The molecule has 1 saturated heterocycles. The molecule has 3 nitrogen and oxygen atoms in total. The van der Waals surface area contributed by atoms with E-state index in [1.807, 2.05) is 18.2 Å². The predicted molar refractivity (Wildman–Crippen MR) is 74.8 cm³/mol. The smallest absolute Gasteiger partial charge is 0.184 e. The van der Waals surface area contributed by atoms with Gasteiger partial charge >= 0.3 is 0 Å². The van der Waals surface area contributed by atoms with Crippen molar-refractivity contribution in [3.05, 3.63) is 35.4 Å². The van der Waals surface area contributed by atoms with Crippen LogP contribution in [-0.4, -0.2) is 23.6 Å². The van der Waals surface area contributed by atoms with Gasteiger partial charge in [0.1, 0.15) is 6.10 Å². The van der Waals surface area contributed by atoms with E-state index in [1.165, 1.54) is 5.56 Å². The molecule has 1 heterocycles. The topological polar surface area (TPSA) is 38.7 Å². The molecule has 3 atom stereocenters. The Morgan fingerprint density at radius 3 is 2.89 bits per heavy atom. The highest BCUT2D eigenvalue weighted by Gasteiger charge is 2.34. The van der Waals surface area contributed by atoms with Crippen LogP contribution >= 0.6 is 0 Å². The fourth-order valence-corrected chi connectivity index (χ4v) is 2.43. The van der Waals surface area contributed by atoms with Crippen LogP contribution in [0.4, 0.5) is 0 Å². The number of hydrogen-bond acceptors (Lipinski definition) is 3. The molecular formula is C16H24O3. The van der Waals surface area contributed by atoms with Gasteiger partial charge in [-0.2, -0.15) is 0 Å². The van der Waals surface area contributed by atoms with Gasteiger partial charge in [-0.15, -0.1) is 0 Å². The largest absolute Gasteiger partial charge is 0.388 e. The standard InChI is InChI=1S/C16H24O3/c1-3-4-9-14-10-15(17)16(19-14)18-11-13-8-6-5-7-12(13)2/h5-8,14-17H,3-4,9-11H2,1-2H3. The zero-order valence-corrected chi connectivity index (χ0v) is 11.8. The number of ether oxygens (including phenoxy) is 2. The van der Waals surface area contributed by atoms with Gasteiger partial charge < -0.3 is 14.6 Å². The van der Waals surface area contributed by atoms with Crippen LogP contribution in [0, 0.1) is 6.92 Å². The first kappa shape index (κ1) is 14.5. The van der Waals surface area contributed by atoms with Gasteiger partial charge in [0, 0.05) is 6.42 Å². The first-order chi connectivity index (χ1) is 9.20. The summed E-state index contributed by atoms with van der Waals surface area (Å²) in [6.45, 7) is 4.72. The molecule has 2 rings (SSSR count). The van der Waals surface area contributed by atoms with Crippen LogP contribution in [0.25, 0.3) is 0 Å². The predicted octanol–water partition coefficient (Wildman–Crippen LogP) is 3.18. The minimum absolute atomic E-state index is 0.150. The van der Waals surface area contributed by atoms with Gasteiger partial charge in [0.05, 0.1) is 12.7 Å². The van der Waals surface area contributed by atoms with Crippen molar-refractivity contribution >= 4 is 0 Å². The second kappa shape index (κ2) is 7.04. The van der Waals surface area contributed by atoms with Crippen LogP contribution in [0.3, 0.4) is 0 Å². The summed E-state index contributed by atoms with van der Waals surface area (Å²) in [5, 5.41) is 9.96. The second-order valence-corrected chi connectivity index (χ2v) is 5.31. The van der Waals surface area contributed by atoms with Gasteiger partial charge in [-0.25, -0.2) is 0 Å². The molecule has 0 saturated carbocycles. The quantitative estimate of drug-likeness (QED) is 0.857. The van der Waals surface area contributed by atoms with E-state index in [4.69, 9.17) is 9.47 Å². The van der Waals surface area contributed by atoms with Gasteiger partial charge in [0.15, 0.2) is 6.29 Å². The summed E-state index contributed by atoms with van der Waals surface area (Å²) in [7, 11) is 0. The molecule has 1 fully saturated rings. The lowest BCUT2D eigenvalue weighted by atomic mass is 10.1. The molecule has 1 aliphatic heterocycles. The zero-order valence-electron chi connectivity index (χ0n) is 11.8. The van der Waals surface area contributed by atoms with Crippen LogP contribution in [0.15, 0.2) is 24.3 Å². The van der Waals surface area contributed by atoms with Gasteiger partial charge in [-0.1, -0.05) is 44.0 Å². The fraction of sp³-hybridized carbons (Fsp3) is 0.625. The molecule has 0 aliphatic carbocycles. The van der Waals surface area contributed by atoms with Crippen molar-refractivity contribution in [3.8, 4) is 0 Å². The number of aliphatic hydroxyl groups is 1. The Balaban J connectivity index is 1.82. The van der Waals surface area contributed by atoms with E-state index in [2.05, 4.69) is 19.9 Å². The molecule has 0 aromatic heterocycles. The Morgan fingerprint density at radius 2 is 2.16 bits per heavy atom. The van der Waals surface area contributed by atoms with E-state index in [-0.39, 0.29) is 6.10 Å². The van der Waals surface area contributed by atoms with Crippen molar-refractivity contribution in [1.29, 1.82) is 0 Å². The third kappa shape index (κ3) is 4.03. The highest BCUT2D eigenvalue weighted by molar-refractivity contribution is 5.24. The van der Waals surface area contributed by atoms with E-state index in [9.17, 15) is 5.11 Å². The van der Waals surface area contributed by atoms with Crippen molar-refractivity contribution in [2.24, 2.45) is 0 Å². The Bertz CT molecular complexity index is 391. The normalized spacial score (nSPS) is 26.8. The van der Waals surface area contributed by atoms with Crippen molar-refractivity contribution in [2.45, 2.75) is 64.6 Å². The average Bonchev–Trinajstić information content (AvgIpc) is 2.76. The molecule has 0 spiro atoms. The number of aliphatic hydroxyl groups excluding tert-OH is 1. The van der Waals surface area contributed by atoms with Gasteiger partial charge in [0.2, 0.25) is 0 Å². The molecule has 3 unspecified atom stereocenters. The number of hydrogen-bond donors (Lipinski definition) is 1. The molecule has 1 aromatic rings. The van der Waals surface area contributed by atoms with Crippen LogP contribution in [0.1, 0.15) is 43.7 Å². The lowest BCUT2D eigenvalue weighted by molar-refractivity contribution is -0.172. The lowest BCUT2D eigenvalue weighted by Crippen LogP contribution is -2.24. The van der Waals surface area contributed by atoms with Crippen molar-refractivity contribution in [3.63, 3.8) is 0 Å². The molecule has 19 heavy (non-hydrogen) atoms. The Morgan fingerprint density at radius 1 is 1.37 bits per heavy atom. The zero-order chi connectivity index (χ0) is 13.7. The maximum absolute atomic E-state index is 9.96. The fourth-order valence-electron chi connectivity index (χ4n) is 2.43. The van der Waals surface area contributed by atoms with Crippen molar-refractivity contribution in [1.82, 2.24) is 0 Å². The molecule has 0 radical (unpaired) electrons. The summed E-state index contributed by atoms with van der Waals surface area (Å²) >= 11 is 0. The maximum atomic E-state index is 9.96. The molecule has 0 bridgehead atoms.